The van der Waals surface area contributed by atoms with Crippen LogP contribution in [0.25, 0.3) is 0 Å². The standard InChI is InChI=1S/Ba.2BrH.Sr.4H/h;2*1H;;;;;/q+2;;;+2;4*-1. The van der Waals surface area contributed by atoms with Crippen LogP contribution < -0.4 is 0 Å². The van der Waals surface area contributed by atoms with E-state index in [9.17, 15) is 0 Å². The Hall–Kier alpha value is 4.01. The topological polar surface area (TPSA) is 0 Å². The van der Waals surface area contributed by atoms with Gasteiger partial charge in [-0.3, -0.25) is 0 Å². The van der Waals surface area contributed by atoms with Crippen molar-refractivity contribution in [3.8, 4) is 0 Å². The molecule has 0 saturated heterocycles. The van der Waals surface area contributed by atoms with Crippen LogP contribution in [0.3, 0.4) is 0 Å². The fourth-order valence-corrected chi connectivity index (χ4v) is 0. The molecule has 0 N–H and O–H groups in total. The molecule has 0 aliphatic rings. The van der Waals surface area contributed by atoms with Crippen LogP contribution >= 0.6 is 34.0 Å². The molecule has 4 heavy (non-hydrogen) atoms. The van der Waals surface area contributed by atoms with Crippen molar-refractivity contribution in [2.24, 2.45) is 0 Å². The largest absolute Gasteiger partial charge is 2.00 e. The molecule has 24 valence electrons. The van der Waals surface area contributed by atoms with E-state index in [0.29, 0.717) is 0 Å². The monoisotopic (exact) mass is 390 g/mol. The van der Waals surface area contributed by atoms with E-state index in [1.165, 1.54) is 0 Å². The molecule has 0 spiro atoms. The SMILES string of the molecule is Br.Br.[Ba+2].[H-].[H-].[H-].[H-].[Sr+2]. The number of halogens is 2. The van der Waals surface area contributed by atoms with E-state index in [0.717, 1.165) is 0 Å². The van der Waals surface area contributed by atoms with E-state index >= 15 is 0 Å². The minimum atomic E-state index is 0. The van der Waals surface area contributed by atoms with Crippen molar-refractivity contribution in [3.63, 3.8) is 0 Å². The molecule has 0 fully saturated rings. The van der Waals surface area contributed by atoms with Crippen LogP contribution in [0.1, 0.15) is 5.71 Å². The average Bonchev–Trinajstić information content (AvgIpc) is 0. The van der Waals surface area contributed by atoms with Crippen LogP contribution in [-0.4, -0.2) is 94.4 Å². The zero-order chi connectivity index (χ0) is 0. The first-order valence-corrected chi connectivity index (χ1v) is 0. The van der Waals surface area contributed by atoms with Crippen molar-refractivity contribution in [1.29, 1.82) is 0 Å². The van der Waals surface area contributed by atoms with Crippen LogP contribution in [-0.2, 0) is 0 Å². The van der Waals surface area contributed by atoms with Crippen molar-refractivity contribution < 1.29 is 5.71 Å². The maximum absolute atomic E-state index is 0. The maximum atomic E-state index is 0. The van der Waals surface area contributed by atoms with Crippen LogP contribution in [0.2, 0.25) is 0 Å². The van der Waals surface area contributed by atoms with Crippen LogP contribution in [0.15, 0.2) is 0 Å². The number of hydrogen-bond donors (Lipinski definition) is 0. The molecule has 0 unspecified atom stereocenters. The van der Waals surface area contributed by atoms with Crippen LogP contribution in [0.4, 0.5) is 0 Å². The summed E-state index contributed by atoms with van der Waals surface area (Å²) in [6, 6.07) is 0. The van der Waals surface area contributed by atoms with Gasteiger partial charge in [0.2, 0.25) is 0 Å². The molecule has 0 amide bonds. The van der Waals surface area contributed by atoms with Gasteiger partial charge in [0.25, 0.3) is 0 Å². The van der Waals surface area contributed by atoms with Crippen molar-refractivity contribution >= 4 is 128 Å². The Kier molecular flexibility index (Phi) is 96.3. The molecule has 0 rings (SSSR count). The van der Waals surface area contributed by atoms with E-state index in [1.807, 2.05) is 0 Å². The molecule has 0 nitrogen and oxygen atoms in total. The minimum Gasteiger partial charge on any atom is -1.00 e. The second kappa shape index (κ2) is 15.7. The summed E-state index contributed by atoms with van der Waals surface area (Å²) in [7, 11) is 0. The number of rotatable bonds is 0. The molecule has 0 aromatic heterocycles. The third kappa shape index (κ3) is 9.38. The molecule has 0 atom stereocenters. The molecular formula is H6BaBr2Sr. The average molecular weight is 391 g/mol. The fraction of sp³-hybridized carbons (Fsp3) is 0. The molecule has 0 aromatic carbocycles. The molecule has 0 aromatic rings. The van der Waals surface area contributed by atoms with Crippen molar-refractivity contribution in [2.45, 2.75) is 0 Å². The smallest absolute Gasteiger partial charge is 1.00 e. The third-order valence-electron chi connectivity index (χ3n) is 0. The Labute approximate surface area is 130 Å². The fourth-order valence-electron chi connectivity index (χ4n) is 0. The molecule has 0 bridgehead atoms. The first-order valence-electron chi connectivity index (χ1n) is 0. The van der Waals surface area contributed by atoms with Crippen LogP contribution in [0.5, 0.6) is 0 Å². The second-order valence-corrected chi connectivity index (χ2v) is 0. The molecule has 0 aliphatic heterocycles. The Bertz CT molecular complexity index is 14.0. The Morgan fingerprint density at radius 2 is 1.00 bits per heavy atom. The van der Waals surface area contributed by atoms with Crippen molar-refractivity contribution in [2.75, 3.05) is 0 Å². The third-order valence-corrected chi connectivity index (χ3v) is 0. The van der Waals surface area contributed by atoms with E-state index in [-0.39, 0.29) is 134 Å². The van der Waals surface area contributed by atoms with Gasteiger partial charge in [-0.15, -0.1) is 34.0 Å². The predicted octanol–water partition coefficient (Wildman–Crippen LogP) is 0.844. The van der Waals surface area contributed by atoms with Gasteiger partial charge >= 0.3 is 94.4 Å². The van der Waals surface area contributed by atoms with Crippen molar-refractivity contribution in [3.05, 3.63) is 0 Å². The predicted molar refractivity (Wildman–Crippen MR) is 36.6 cm³/mol. The van der Waals surface area contributed by atoms with Gasteiger partial charge in [0, 0.05) is 0 Å². The summed E-state index contributed by atoms with van der Waals surface area (Å²) in [5.74, 6) is 0. The van der Waals surface area contributed by atoms with Gasteiger partial charge in [0.15, 0.2) is 0 Å². The Morgan fingerprint density at radius 1 is 1.00 bits per heavy atom. The summed E-state index contributed by atoms with van der Waals surface area (Å²) in [6.45, 7) is 0. The Morgan fingerprint density at radius 3 is 1.00 bits per heavy atom. The summed E-state index contributed by atoms with van der Waals surface area (Å²) in [4.78, 5) is 0. The van der Waals surface area contributed by atoms with Gasteiger partial charge in [0.05, 0.1) is 0 Å². The summed E-state index contributed by atoms with van der Waals surface area (Å²) in [6.07, 6.45) is 0. The molecule has 4 heteroatoms. The molecule has 0 aliphatic carbocycles. The molecule has 0 heterocycles. The molecule has 0 radical (unpaired) electrons. The zero-order valence-corrected chi connectivity index (χ0v) is 13.6. The van der Waals surface area contributed by atoms with E-state index in [1.54, 1.807) is 0 Å². The zero-order valence-electron chi connectivity index (χ0n) is 6.23. The first-order chi connectivity index (χ1) is 0. The molecular weight excluding hydrogens is 385 g/mol. The maximum Gasteiger partial charge on any atom is 2.00 e. The summed E-state index contributed by atoms with van der Waals surface area (Å²) >= 11 is 0. The van der Waals surface area contributed by atoms with Gasteiger partial charge in [-0.2, -0.15) is 0 Å². The van der Waals surface area contributed by atoms with Gasteiger partial charge < -0.3 is 5.71 Å². The van der Waals surface area contributed by atoms with Crippen LogP contribution in [0, 0.1) is 0 Å². The second-order valence-electron chi connectivity index (χ2n) is 0. The summed E-state index contributed by atoms with van der Waals surface area (Å²) in [5.41, 5.74) is 0. The number of hydrogen-bond acceptors (Lipinski definition) is 0. The molecule has 0 saturated carbocycles. The van der Waals surface area contributed by atoms with Gasteiger partial charge in [-0.05, 0) is 0 Å². The van der Waals surface area contributed by atoms with Gasteiger partial charge in [-0.25, -0.2) is 0 Å². The first kappa shape index (κ1) is 24.5. The Balaban J connectivity index is 0. The summed E-state index contributed by atoms with van der Waals surface area (Å²) in [5, 5.41) is 0. The van der Waals surface area contributed by atoms with E-state index in [4.69, 9.17) is 0 Å². The van der Waals surface area contributed by atoms with Crippen molar-refractivity contribution in [1.82, 2.24) is 0 Å². The summed E-state index contributed by atoms with van der Waals surface area (Å²) < 4.78 is 0. The van der Waals surface area contributed by atoms with E-state index in [2.05, 4.69) is 0 Å². The van der Waals surface area contributed by atoms with E-state index < -0.39 is 0 Å². The quantitative estimate of drug-likeness (QED) is 0.538. The minimum absolute atomic E-state index is 0. The van der Waals surface area contributed by atoms with Gasteiger partial charge in [-0.1, -0.05) is 0 Å². The van der Waals surface area contributed by atoms with Gasteiger partial charge in [0.1, 0.15) is 0 Å². The normalized spacial score (nSPS) is 0.